The molecule has 9 heteroatoms. The average Bonchev–Trinajstić information content (AvgIpc) is 3.36. The number of carbonyl (C=O) groups is 1. The minimum absolute atomic E-state index is 0.308. The number of amides is 1. The van der Waals surface area contributed by atoms with Crippen LogP contribution < -0.4 is 5.32 Å². The number of nitrogens with one attached hydrogen (secondary N) is 2. The van der Waals surface area contributed by atoms with Crippen LogP contribution >= 0.6 is 11.6 Å². The number of aromatic nitrogens is 4. The molecular formula is C28H31ClN6O2. The number of ether oxygens (including phenoxy) is 1. The molecule has 0 saturated heterocycles. The molecular weight excluding hydrogens is 488 g/mol. The van der Waals surface area contributed by atoms with E-state index in [0.717, 1.165) is 16.8 Å². The summed E-state index contributed by atoms with van der Waals surface area (Å²) in [6.07, 6.45) is 1.92. The standard InChI is InChI=1S/C28H31ClN6O2/c1-28(2,3)37-27(36)35(17-15-20-10-6-4-7-11-20)19-23(31-22-12-8-5-9-13-22)26-32-25(33-34-26)21-14-16-30-24(29)18-21/h4-14,16,18,23,31H,15,17,19H2,1-3H3,(H,32,33,34). The van der Waals surface area contributed by atoms with Crippen molar-refractivity contribution >= 4 is 23.4 Å². The van der Waals surface area contributed by atoms with Crippen molar-refractivity contribution in [2.45, 2.75) is 38.8 Å². The van der Waals surface area contributed by atoms with E-state index in [9.17, 15) is 4.79 Å². The van der Waals surface area contributed by atoms with Gasteiger partial charge in [0.2, 0.25) is 0 Å². The van der Waals surface area contributed by atoms with Crippen molar-refractivity contribution in [2.24, 2.45) is 0 Å². The molecule has 37 heavy (non-hydrogen) atoms. The Morgan fingerprint density at radius 3 is 2.46 bits per heavy atom. The van der Waals surface area contributed by atoms with Crippen molar-refractivity contribution < 1.29 is 9.53 Å². The van der Waals surface area contributed by atoms with Crippen LogP contribution in [0.4, 0.5) is 10.5 Å². The number of pyridine rings is 1. The topological polar surface area (TPSA) is 96.0 Å². The highest BCUT2D eigenvalue weighted by Crippen LogP contribution is 2.23. The number of benzene rings is 2. The second-order valence-corrected chi connectivity index (χ2v) is 10.0. The second-order valence-electron chi connectivity index (χ2n) is 9.64. The first-order chi connectivity index (χ1) is 17.8. The molecule has 2 N–H and O–H groups in total. The van der Waals surface area contributed by atoms with Crippen molar-refractivity contribution in [1.29, 1.82) is 0 Å². The van der Waals surface area contributed by atoms with E-state index in [1.165, 1.54) is 0 Å². The zero-order valence-corrected chi connectivity index (χ0v) is 21.9. The number of aromatic amines is 1. The molecule has 1 amide bonds. The molecule has 0 radical (unpaired) electrons. The Morgan fingerprint density at radius 2 is 1.78 bits per heavy atom. The summed E-state index contributed by atoms with van der Waals surface area (Å²) in [5.74, 6) is 1.08. The number of hydrogen-bond acceptors (Lipinski definition) is 6. The van der Waals surface area contributed by atoms with E-state index in [0.29, 0.717) is 36.3 Å². The van der Waals surface area contributed by atoms with Gasteiger partial charge >= 0.3 is 6.09 Å². The number of halogens is 1. The number of anilines is 1. The third-order valence-electron chi connectivity index (χ3n) is 5.50. The van der Waals surface area contributed by atoms with Crippen LogP contribution in [0.25, 0.3) is 11.4 Å². The maximum atomic E-state index is 13.3. The van der Waals surface area contributed by atoms with E-state index in [-0.39, 0.29) is 12.1 Å². The smallest absolute Gasteiger partial charge is 0.410 e. The fraction of sp³-hybridized carbons (Fsp3) is 0.286. The van der Waals surface area contributed by atoms with Crippen molar-refractivity contribution in [3.63, 3.8) is 0 Å². The van der Waals surface area contributed by atoms with E-state index in [1.807, 2.05) is 69.3 Å². The first-order valence-corrected chi connectivity index (χ1v) is 12.5. The maximum absolute atomic E-state index is 13.3. The van der Waals surface area contributed by atoms with Crippen molar-refractivity contribution in [2.75, 3.05) is 18.4 Å². The lowest BCUT2D eigenvalue weighted by molar-refractivity contribution is 0.0243. The Balaban J connectivity index is 1.62. The predicted octanol–water partition coefficient (Wildman–Crippen LogP) is 6.15. The largest absolute Gasteiger partial charge is 0.444 e. The highest BCUT2D eigenvalue weighted by atomic mass is 35.5. The highest BCUT2D eigenvalue weighted by molar-refractivity contribution is 6.29. The summed E-state index contributed by atoms with van der Waals surface area (Å²) >= 11 is 6.07. The van der Waals surface area contributed by atoms with Crippen molar-refractivity contribution in [3.05, 3.63) is 95.5 Å². The first-order valence-electron chi connectivity index (χ1n) is 12.1. The molecule has 2 heterocycles. The van der Waals surface area contributed by atoms with Gasteiger partial charge in [0.15, 0.2) is 5.82 Å². The highest BCUT2D eigenvalue weighted by Gasteiger charge is 2.27. The van der Waals surface area contributed by atoms with E-state index < -0.39 is 5.60 Å². The molecule has 2 aromatic heterocycles. The van der Waals surface area contributed by atoms with Gasteiger partial charge in [-0.05, 0) is 57.0 Å². The molecule has 1 unspecified atom stereocenters. The normalized spacial score (nSPS) is 12.1. The van der Waals surface area contributed by atoms with E-state index in [2.05, 4.69) is 32.6 Å². The molecule has 0 spiro atoms. The van der Waals surface area contributed by atoms with Crippen LogP contribution in [0.3, 0.4) is 0 Å². The van der Waals surface area contributed by atoms with Gasteiger partial charge in [0.05, 0.1) is 6.54 Å². The Labute approximate surface area is 222 Å². The average molecular weight is 519 g/mol. The molecule has 2 aromatic carbocycles. The quantitative estimate of drug-likeness (QED) is 0.258. The number of nitrogens with zero attached hydrogens (tertiary/aromatic N) is 4. The third kappa shape index (κ3) is 7.79. The Bertz CT molecular complexity index is 1290. The lowest BCUT2D eigenvalue weighted by Crippen LogP contribution is -2.41. The molecule has 0 bridgehead atoms. The Hall–Kier alpha value is -3.91. The van der Waals surface area contributed by atoms with Crippen LogP contribution in [-0.4, -0.2) is 49.8 Å². The molecule has 0 aliphatic carbocycles. The summed E-state index contributed by atoms with van der Waals surface area (Å²) in [6.45, 7) is 6.38. The molecule has 0 saturated carbocycles. The van der Waals surface area contributed by atoms with Gasteiger partial charge in [0.25, 0.3) is 0 Å². The van der Waals surface area contributed by atoms with Gasteiger partial charge in [0, 0.05) is 24.0 Å². The molecule has 4 aromatic rings. The summed E-state index contributed by atoms with van der Waals surface area (Å²) in [4.78, 5) is 23.7. The molecule has 0 aliphatic rings. The van der Waals surface area contributed by atoms with Crippen molar-refractivity contribution in [3.8, 4) is 11.4 Å². The van der Waals surface area contributed by atoms with Crippen LogP contribution in [-0.2, 0) is 11.2 Å². The van der Waals surface area contributed by atoms with Gasteiger partial charge in [0.1, 0.15) is 22.6 Å². The molecule has 0 fully saturated rings. The summed E-state index contributed by atoms with van der Waals surface area (Å²) in [5.41, 5.74) is 2.16. The minimum atomic E-state index is -0.621. The summed E-state index contributed by atoms with van der Waals surface area (Å²) in [6, 6.07) is 23.0. The molecule has 8 nitrogen and oxygen atoms in total. The fourth-order valence-electron chi connectivity index (χ4n) is 3.75. The van der Waals surface area contributed by atoms with Gasteiger partial charge < -0.3 is 15.0 Å². The molecule has 0 aliphatic heterocycles. The summed E-state index contributed by atoms with van der Waals surface area (Å²) in [5, 5.41) is 11.3. The number of hydrogen-bond donors (Lipinski definition) is 2. The van der Waals surface area contributed by atoms with Gasteiger partial charge in [-0.1, -0.05) is 60.1 Å². The van der Waals surface area contributed by atoms with Crippen molar-refractivity contribution in [1.82, 2.24) is 25.1 Å². The van der Waals surface area contributed by atoms with E-state index in [1.54, 1.807) is 23.2 Å². The SMILES string of the molecule is CC(C)(C)OC(=O)N(CCc1ccccc1)CC(Nc1ccccc1)c1nc(-c2ccnc(Cl)c2)n[nH]1. The Kier molecular flexibility index (Phi) is 8.40. The lowest BCUT2D eigenvalue weighted by Gasteiger charge is -2.30. The van der Waals surface area contributed by atoms with Crippen LogP contribution in [0.2, 0.25) is 5.15 Å². The molecule has 1 atom stereocenters. The zero-order valence-electron chi connectivity index (χ0n) is 21.2. The fourth-order valence-corrected chi connectivity index (χ4v) is 3.92. The summed E-state index contributed by atoms with van der Waals surface area (Å²) < 4.78 is 5.75. The van der Waals surface area contributed by atoms with E-state index >= 15 is 0 Å². The minimum Gasteiger partial charge on any atom is -0.444 e. The van der Waals surface area contributed by atoms with Crippen LogP contribution in [0, 0.1) is 0 Å². The first kappa shape index (κ1) is 26.2. The van der Waals surface area contributed by atoms with Crippen LogP contribution in [0.15, 0.2) is 79.0 Å². The number of H-pyrrole nitrogens is 1. The Morgan fingerprint density at radius 1 is 1.08 bits per heavy atom. The van der Waals surface area contributed by atoms with Crippen LogP contribution in [0.5, 0.6) is 0 Å². The number of rotatable bonds is 9. The maximum Gasteiger partial charge on any atom is 0.410 e. The number of carbonyl (C=O) groups excluding carboxylic acids is 1. The predicted molar refractivity (Wildman–Crippen MR) is 145 cm³/mol. The van der Waals surface area contributed by atoms with Gasteiger partial charge in [-0.3, -0.25) is 5.10 Å². The van der Waals surface area contributed by atoms with Gasteiger partial charge in [-0.15, -0.1) is 0 Å². The second kappa shape index (κ2) is 11.9. The molecule has 192 valence electrons. The van der Waals surface area contributed by atoms with E-state index in [4.69, 9.17) is 21.3 Å². The number of para-hydroxylation sites is 1. The molecule has 4 rings (SSSR count). The van der Waals surface area contributed by atoms with Gasteiger partial charge in [-0.25, -0.2) is 14.8 Å². The summed E-state index contributed by atoms with van der Waals surface area (Å²) in [7, 11) is 0. The van der Waals surface area contributed by atoms with Gasteiger partial charge in [-0.2, -0.15) is 5.10 Å². The lowest BCUT2D eigenvalue weighted by atomic mass is 10.1. The monoisotopic (exact) mass is 518 g/mol. The van der Waals surface area contributed by atoms with Crippen LogP contribution in [0.1, 0.15) is 38.2 Å². The third-order valence-corrected chi connectivity index (χ3v) is 5.71. The zero-order chi connectivity index (χ0) is 26.3.